The van der Waals surface area contributed by atoms with Gasteiger partial charge in [-0.25, -0.2) is 0 Å². The molecule has 20 heavy (non-hydrogen) atoms. The van der Waals surface area contributed by atoms with Crippen molar-refractivity contribution in [1.29, 1.82) is 0 Å². The van der Waals surface area contributed by atoms with Gasteiger partial charge in [-0.2, -0.15) is 0 Å². The molecule has 0 saturated carbocycles. The molecule has 2 N–H and O–H groups in total. The molecule has 0 aliphatic carbocycles. The number of nitrogens with zero attached hydrogens (tertiary/aromatic N) is 1. The molecule has 4 nitrogen and oxygen atoms in total. The van der Waals surface area contributed by atoms with E-state index in [1.165, 1.54) is 0 Å². The van der Waals surface area contributed by atoms with Gasteiger partial charge < -0.3 is 15.2 Å². The smallest absolute Gasteiger partial charge is 0.123 e. The quantitative estimate of drug-likeness (QED) is 0.795. The van der Waals surface area contributed by atoms with Crippen LogP contribution >= 0.6 is 0 Å². The van der Waals surface area contributed by atoms with Crippen LogP contribution in [-0.2, 0) is 0 Å². The lowest BCUT2D eigenvalue weighted by atomic mass is 10.0. The molecule has 0 aliphatic rings. The molecule has 1 aromatic rings. The third kappa shape index (κ3) is 3.64. The van der Waals surface area contributed by atoms with E-state index in [9.17, 15) is 0 Å². The minimum atomic E-state index is 0.130. The van der Waals surface area contributed by atoms with Crippen molar-refractivity contribution in [2.24, 2.45) is 5.73 Å². The van der Waals surface area contributed by atoms with Gasteiger partial charge in [0.05, 0.1) is 20.3 Å². The maximum atomic E-state index is 6.03. The molecule has 0 saturated heterocycles. The molecule has 1 rings (SSSR count). The second kappa shape index (κ2) is 8.12. The summed E-state index contributed by atoms with van der Waals surface area (Å²) in [5.41, 5.74) is 7.12. The van der Waals surface area contributed by atoms with Gasteiger partial charge >= 0.3 is 0 Å². The summed E-state index contributed by atoms with van der Waals surface area (Å²) in [4.78, 5) is 2.34. The van der Waals surface area contributed by atoms with Gasteiger partial charge in [0, 0.05) is 18.2 Å². The highest BCUT2D eigenvalue weighted by atomic mass is 16.5. The van der Waals surface area contributed by atoms with Crippen LogP contribution in [0.4, 0.5) is 0 Å². The maximum absolute atomic E-state index is 6.03. The van der Waals surface area contributed by atoms with E-state index in [0.717, 1.165) is 29.9 Å². The van der Waals surface area contributed by atoms with Crippen LogP contribution in [0.2, 0.25) is 0 Å². The summed E-state index contributed by atoms with van der Waals surface area (Å²) >= 11 is 0. The van der Waals surface area contributed by atoms with Crippen molar-refractivity contribution in [1.82, 2.24) is 4.90 Å². The van der Waals surface area contributed by atoms with Crippen LogP contribution in [0.25, 0.3) is 0 Å². The Morgan fingerprint density at radius 3 is 2.25 bits per heavy atom. The number of ether oxygens (including phenoxy) is 2. The largest absolute Gasteiger partial charge is 0.497 e. The fourth-order valence-electron chi connectivity index (χ4n) is 2.73. The summed E-state index contributed by atoms with van der Waals surface area (Å²) in [6, 6.07) is 6.52. The topological polar surface area (TPSA) is 47.7 Å². The third-order valence-electron chi connectivity index (χ3n) is 4.03. The van der Waals surface area contributed by atoms with Crippen molar-refractivity contribution in [3.05, 3.63) is 23.8 Å². The first kappa shape index (κ1) is 16.8. The SMILES string of the molecule is CCC(CC)N(C)C(CN)c1cc(OC)ccc1OC. The average Bonchev–Trinajstić information content (AvgIpc) is 2.49. The normalized spacial score (nSPS) is 12.8. The van der Waals surface area contributed by atoms with Gasteiger partial charge in [0.1, 0.15) is 11.5 Å². The highest BCUT2D eigenvalue weighted by molar-refractivity contribution is 5.42. The van der Waals surface area contributed by atoms with Gasteiger partial charge in [-0.05, 0) is 38.1 Å². The number of methoxy groups -OCH3 is 2. The van der Waals surface area contributed by atoms with Crippen LogP contribution < -0.4 is 15.2 Å². The average molecular weight is 280 g/mol. The van der Waals surface area contributed by atoms with Crippen LogP contribution in [0.5, 0.6) is 11.5 Å². The summed E-state index contributed by atoms with van der Waals surface area (Å²) in [7, 11) is 5.50. The predicted molar refractivity (Wildman–Crippen MR) is 83.5 cm³/mol. The standard InChI is InChI=1S/C16H28N2O2/c1-6-12(7-2)18(3)15(11-17)14-10-13(19-4)8-9-16(14)20-5/h8-10,12,15H,6-7,11,17H2,1-5H3. The molecule has 1 aromatic carbocycles. The minimum Gasteiger partial charge on any atom is -0.497 e. The number of benzene rings is 1. The lowest BCUT2D eigenvalue weighted by Gasteiger charge is -2.34. The number of rotatable bonds is 8. The number of hydrogen-bond donors (Lipinski definition) is 1. The zero-order valence-electron chi connectivity index (χ0n) is 13.3. The fourth-order valence-corrected chi connectivity index (χ4v) is 2.73. The van der Waals surface area contributed by atoms with Crippen LogP contribution in [0.15, 0.2) is 18.2 Å². The Kier molecular flexibility index (Phi) is 6.82. The molecular weight excluding hydrogens is 252 g/mol. The van der Waals surface area contributed by atoms with E-state index >= 15 is 0 Å². The molecule has 0 spiro atoms. The molecule has 114 valence electrons. The number of nitrogens with two attached hydrogens (primary N) is 1. The summed E-state index contributed by atoms with van der Waals surface area (Å²) < 4.78 is 10.8. The molecule has 0 fully saturated rings. The third-order valence-corrected chi connectivity index (χ3v) is 4.03. The monoisotopic (exact) mass is 280 g/mol. The Labute approximate surface area is 122 Å². The van der Waals surface area contributed by atoms with E-state index in [1.54, 1.807) is 14.2 Å². The summed E-state index contributed by atoms with van der Waals surface area (Å²) in [6.07, 6.45) is 2.21. The lowest BCUT2D eigenvalue weighted by Crippen LogP contribution is -2.38. The first-order chi connectivity index (χ1) is 9.62. The molecular formula is C16H28N2O2. The Balaban J connectivity index is 3.15. The van der Waals surface area contributed by atoms with Crippen LogP contribution in [0.3, 0.4) is 0 Å². The van der Waals surface area contributed by atoms with E-state index in [2.05, 4.69) is 25.8 Å². The Bertz CT molecular complexity index is 405. The number of likely N-dealkylation sites (N-methyl/N-ethyl adjacent to an activating group) is 1. The first-order valence-corrected chi connectivity index (χ1v) is 7.26. The maximum Gasteiger partial charge on any atom is 0.123 e. The lowest BCUT2D eigenvalue weighted by molar-refractivity contribution is 0.165. The molecule has 0 bridgehead atoms. The van der Waals surface area contributed by atoms with Gasteiger partial charge in [0.2, 0.25) is 0 Å². The van der Waals surface area contributed by atoms with Crippen molar-refractivity contribution in [2.45, 2.75) is 38.8 Å². The van der Waals surface area contributed by atoms with E-state index in [-0.39, 0.29) is 6.04 Å². The van der Waals surface area contributed by atoms with E-state index in [0.29, 0.717) is 12.6 Å². The Hall–Kier alpha value is -1.26. The highest BCUT2D eigenvalue weighted by Crippen LogP contribution is 2.33. The molecule has 1 unspecified atom stereocenters. The summed E-state index contributed by atoms with van der Waals surface area (Å²) in [5.74, 6) is 1.69. The van der Waals surface area contributed by atoms with Crippen molar-refractivity contribution in [2.75, 3.05) is 27.8 Å². The van der Waals surface area contributed by atoms with Gasteiger partial charge in [-0.3, -0.25) is 4.90 Å². The Morgan fingerprint density at radius 2 is 1.80 bits per heavy atom. The van der Waals surface area contributed by atoms with Gasteiger partial charge in [0.15, 0.2) is 0 Å². The van der Waals surface area contributed by atoms with Crippen molar-refractivity contribution in [3.63, 3.8) is 0 Å². The van der Waals surface area contributed by atoms with Gasteiger partial charge in [-0.15, -0.1) is 0 Å². The molecule has 0 aliphatic heterocycles. The highest BCUT2D eigenvalue weighted by Gasteiger charge is 2.24. The van der Waals surface area contributed by atoms with Gasteiger partial charge in [0.25, 0.3) is 0 Å². The van der Waals surface area contributed by atoms with Gasteiger partial charge in [-0.1, -0.05) is 13.8 Å². The van der Waals surface area contributed by atoms with Crippen molar-refractivity contribution >= 4 is 0 Å². The van der Waals surface area contributed by atoms with E-state index in [4.69, 9.17) is 15.2 Å². The molecule has 4 heteroatoms. The fraction of sp³-hybridized carbons (Fsp3) is 0.625. The summed E-state index contributed by atoms with van der Waals surface area (Å²) in [6.45, 7) is 4.97. The van der Waals surface area contributed by atoms with Crippen LogP contribution in [-0.4, -0.2) is 38.8 Å². The van der Waals surface area contributed by atoms with E-state index in [1.807, 2.05) is 18.2 Å². The van der Waals surface area contributed by atoms with E-state index < -0.39 is 0 Å². The first-order valence-electron chi connectivity index (χ1n) is 7.26. The molecule has 0 aromatic heterocycles. The van der Waals surface area contributed by atoms with Crippen LogP contribution in [0, 0.1) is 0 Å². The van der Waals surface area contributed by atoms with Crippen molar-refractivity contribution in [3.8, 4) is 11.5 Å². The molecule has 0 radical (unpaired) electrons. The number of hydrogen-bond acceptors (Lipinski definition) is 4. The summed E-state index contributed by atoms with van der Waals surface area (Å²) in [5, 5.41) is 0. The zero-order chi connectivity index (χ0) is 15.1. The second-order valence-electron chi connectivity index (χ2n) is 5.00. The zero-order valence-corrected chi connectivity index (χ0v) is 13.3. The predicted octanol–water partition coefficient (Wildman–Crippen LogP) is 2.82. The molecule has 0 heterocycles. The minimum absolute atomic E-state index is 0.130. The Morgan fingerprint density at radius 1 is 1.15 bits per heavy atom. The second-order valence-corrected chi connectivity index (χ2v) is 5.00. The van der Waals surface area contributed by atoms with Crippen molar-refractivity contribution < 1.29 is 9.47 Å². The van der Waals surface area contributed by atoms with Crippen LogP contribution in [0.1, 0.15) is 38.3 Å². The molecule has 1 atom stereocenters. The molecule has 0 amide bonds.